The Hall–Kier alpha value is -2.44. The first-order valence-electron chi connectivity index (χ1n) is 15.9. The lowest BCUT2D eigenvalue weighted by Crippen LogP contribution is -2.67. The summed E-state index contributed by atoms with van der Waals surface area (Å²) in [4.78, 5) is 29.1. The molecule has 6 aliphatic carbocycles. The van der Waals surface area contributed by atoms with Crippen LogP contribution in [-0.2, 0) is 4.74 Å². The quantitative estimate of drug-likeness (QED) is 0.300. The van der Waals surface area contributed by atoms with E-state index in [4.69, 9.17) is 4.74 Å². The van der Waals surface area contributed by atoms with Gasteiger partial charge < -0.3 is 19.8 Å². The third kappa shape index (κ3) is 3.82. The molecule has 6 aliphatic rings. The van der Waals surface area contributed by atoms with Gasteiger partial charge in [0.2, 0.25) is 0 Å². The number of nitrogens with zero attached hydrogens (tertiary/aromatic N) is 1. The van der Waals surface area contributed by atoms with Crippen LogP contribution in [0.15, 0.2) is 54.1 Å². The number of hydrogen-bond acceptors (Lipinski definition) is 5. The minimum absolute atomic E-state index is 0.0570. The second-order valence-electron chi connectivity index (χ2n) is 14.1. The first-order chi connectivity index (χ1) is 19.5. The SMILES string of the molecule is CCCN(C[C@]1(O)CC[C@H]2[C@]34C=C[C@@]5(C=C3C(=O)c3ccccc3)CC(O)CC[C@]5(C)[C@H]4CC[C@@]21C)C(=O)OCC. The molecule has 7 rings (SSSR count). The largest absolute Gasteiger partial charge is 0.450 e. The molecule has 8 atom stereocenters. The number of amides is 1. The second-order valence-corrected chi connectivity index (χ2v) is 14.1. The smallest absolute Gasteiger partial charge is 0.409 e. The lowest BCUT2D eigenvalue weighted by atomic mass is 9.32. The number of aliphatic hydroxyl groups excluding tert-OH is 1. The van der Waals surface area contributed by atoms with Crippen LogP contribution in [0.4, 0.5) is 4.79 Å². The van der Waals surface area contributed by atoms with Crippen molar-refractivity contribution < 1.29 is 24.5 Å². The van der Waals surface area contributed by atoms with Crippen molar-refractivity contribution >= 4 is 11.9 Å². The molecule has 0 heterocycles. The Labute approximate surface area is 244 Å². The van der Waals surface area contributed by atoms with Crippen LogP contribution in [-0.4, -0.2) is 58.4 Å². The lowest BCUT2D eigenvalue weighted by Gasteiger charge is -2.71. The van der Waals surface area contributed by atoms with E-state index in [-0.39, 0.29) is 47.2 Å². The molecule has 2 bridgehead atoms. The molecule has 41 heavy (non-hydrogen) atoms. The molecule has 6 heteroatoms. The first-order valence-corrected chi connectivity index (χ1v) is 15.9. The summed E-state index contributed by atoms with van der Waals surface area (Å²) < 4.78 is 5.38. The van der Waals surface area contributed by atoms with Crippen molar-refractivity contribution in [2.45, 2.75) is 90.8 Å². The zero-order chi connectivity index (χ0) is 29.3. The number of rotatable bonds is 7. The first kappa shape index (κ1) is 28.7. The average Bonchev–Trinajstić information content (AvgIpc) is 3.23. The third-order valence-corrected chi connectivity index (χ3v) is 12.5. The predicted molar refractivity (Wildman–Crippen MR) is 158 cm³/mol. The van der Waals surface area contributed by atoms with Crippen molar-refractivity contribution in [3.05, 3.63) is 59.7 Å². The van der Waals surface area contributed by atoms with Gasteiger partial charge in [-0.1, -0.05) is 69.3 Å². The Balaban J connectivity index is 1.47. The number of hydrogen-bond donors (Lipinski definition) is 2. The minimum Gasteiger partial charge on any atom is -0.450 e. The number of allylic oxidation sites excluding steroid dienone is 4. The van der Waals surface area contributed by atoms with Gasteiger partial charge in [-0.05, 0) is 75.5 Å². The van der Waals surface area contributed by atoms with Crippen molar-refractivity contribution in [1.82, 2.24) is 4.90 Å². The zero-order valence-electron chi connectivity index (χ0n) is 25.2. The van der Waals surface area contributed by atoms with Crippen LogP contribution in [0.25, 0.3) is 0 Å². The topological polar surface area (TPSA) is 87.1 Å². The second kappa shape index (κ2) is 9.80. The van der Waals surface area contributed by atoms with E-state index in [1.54, 1.807) is 4.90 Å². The maximum atomic E-state index is 14.5. The van der Waals surface area contributed by atoms with Crippen LogP contribution < -0.4 is 0 Å². The Morgan fingerprint density at radius 1 is 0.976 bits per heavy atom. The molecule has 1 aromatic rings. The van der Waals surface area contributed by atoms with Gasteiger partial charge >= 0.3 is 6.09 Å². The van der Waals surface area contributed by atoms with E-state index in [1.165, 1.54) is 0 Å². The van der Waals surface area contributed by atoms with Crippen molar-refractivity contribution in [2.24, 2.45) is 33.5 Å². The van der Waals surface area contributed by atoms with Gasteiger partial charge in [-0.15, -0.1) is 0 Å². The van der Waals surface area contributed by atoms with Gasteiger partial charge in [0.05, 0.1) is 24.9 Å². The molecular weight excluding hydrogens is 514 g/mol. The fourth-order valence-corrected chi connectivity index (χ4v) is 10.4. The Morgan fingerprint density at radius 3 is 2.37 bits per heavy atom. The average molecular weight is 562 g/mol. The van der Waals surface area contributed by atoms with E-state index in [9.17, 15) is 19.8 Å². The summed E-state index contributed by atoms with van der Waals surface area (Å²) in [5, 5.41) is 23.4. The standard InChI is InChI=1S/C35H47NO5/c1-5-20-36(30(39)41-6-2)23-34(40)17-14-28-32(34,4)16-13-27-31(3)15-12-25(37)21-33(31)18-19-35(27,28)26(22-33)29(38)24-10-8-7-9-11-24/h7-11,18-19,22,25,27-28,37,40H,5-6,12-17,20-21,23H2,1-4H3/t25?,27-,28-,31-,32+,33+,34-,35-/m1/s1. The van der Waals surface area contributed by atoms with Crippen LogP contribution in [0, 0.1) is 33.5 Å². The van der Waals surface area contributed by atoms with Crippen molar-refractivity contribution in [2.75, 3.05) is 19.7 Å². The molecule has 1 unspecified atom stereocenters. The van der Waals surface area contributed by atoms with Gasteiger partial charge in [-0.2, -0.15) is 0 Å². The Bertz CT molecular complexity index is 1270. The summed E-state index contributed by atoms with van der Waals surface area (Å²) >= 11 is 0. The summed E-state index contributed by atoms with van der Waals surface area (Å²) in [6.07, 6.45) is 12.5. The molecule has 0 aliphatic heterocycles. The Kier molecular flexibility index (Phi) is 6.86. The molecule has 3 saturated carbocycles. The van der Waals surface area contributed by atoms with Gasteiger partial charge in [0, 0.05) is 33.9 Å². The maximum absolute atomic E-state index is 14.5. The van der Waals surface area contributed by atoms with Gasteiger partial charge in [-0.3, -0.25) is 4.79 Å². The van der Waals surface area contributed by atoms with Gasteiger partial charge in [0.1, 0.15) is 0 Å². The van der Waals surface area contributed by atoms with Crippen LogP contribution in [0.1, 0.15) is 89.4 Å². The fourth-order valence-electron chi connectivity index (χ4n) is 10.4. The van der Waals surface area contributed by atoms with Crippen molar-refractivity contribution in [3.63, 3.8) is 0 Å². The molecule has 0 aromatic heterocycles. The number of carbonyl (C=O) groups excluding carboxylic acids is 2. The predicted octanol–water partition coefficient (Wildman–Crippen LogP) is 6.33. The van der Waals surface area contributed by atoms with E-state index in [0.717, 1.165) is 44.1 Å². The molecule has 2 N–H and O–H groups in total. The summed E-state index contributed by atoms with van der Waals surface area (Å²) in [7, 11) is 0. The van der Waals surface area contributed by atoms with Gasteiger partial charge in [0.15, 0.2) is 5.78 Å². The zero-order valence-corrected chi connectivity index (χ0v) is 25.2. The van der Waals surface area contributed by atoms with Crippen molar-refractivity contribution in [3.8, 4) is 0 Å². The number of ether oxygens (including phenoxy) is 1. The monoisotopic (exact) mass is 561 g/mol. The van der Waals surface area contributed by atoms with Crippen LogP contribution in [0.3, 0.4) is 0 Å². The highest BCUT2D eigenvalue weighted by atomic mass is 16.6. The summed E-state index contributed by atoms with van der Waals surface area (Å²) in [5.41, 5.74) is -0.918. The normalized spacial score (nSPS) is 42.1. The van der Waals surface area contributed by atoms with E-state index in [1.807, 2.05) is 44.2 Å². The highest BCUT2D eigenvalue weighted by Gasteiger charge is 2.74. The van der Waals surface area contributed by atoms with E-state index in [0.29, 0.717) is 31.6 Å². The molecular formula is C35H47NO5. The third-order valence-electron chi connectivity index (χ3n) is 12.5. The summed E-state index contributed by atoms with van der Waals surface area (Å²) in [5.74, 6) is 0.374. The number of Topliss-reactive ketones (excluding diaryl/α,β-unsaturated/α-hetero) is 1. The van der Waals surface area contributed by atoms with Gasteiger partial charge in [0.25, 0.3) is 0 Å². The molecule has 6 nitrogen and oxygen atoms in total. The highest BCUT2D eigenvalue weighted by molar-refractivity contribution is 6.10. The van der Waals surface area contributed by atoms with E-state index in [2.05, 4.69) is 32.1 Å². The minimum atomic E-state index is -1.08. The number of benzene rings is 1. The lowest BCUT2D eigenvalue weighted by molar-refractivity contribution is -0.175. The molecule has 0 radical (unpaired) electrons. The van der Waals surface area contributed by atoms with Crippen LogP contribution >= 0.6 is 0 Å². The molecule has 1 amide bonds. The molecule has 3 fully saturated rings. The number of aliphatic hydroxyl groups is 2. The summed E-state index contributed by atoms with van der Waals surface area (Å²) in [6, 6.07) is 9.59. The van der Waals surface area contributed by atoms with Gasteiger partial charge in [-0.25, -0.2) is 4.79 Å². The summed E-state index contributed by atoms with van der Waals surface area (Å²) in [6.45, 7) is 9.55. The van der Waals surface area contributed by atoms with Crippen molar-refractivity contribution in [1.29, 1.82) is 0 Å². The molecule has 222 valence electrons. The van der Waals surface area contributed by atoms with Crippen LogP contribution in [0.5, 0.6) is 0 Å². The number of carbonyl (C=O) groups is 2. The molecule has 0 saturated heterocycles. The number of ketones is 1. The van der Waals surface area contributed by atoms with Crippen LogP contribution in [0.2, 0.25) is 0 Å². The number of fused-ring (bicyclic) bond motifs is 1. The highest BCUT2D eigenvalue weighted by Crippen LogP contribution is 2.78. The fraction of sp³-hybridized carbons (Fsp3) is 0.657. The van der Waals surface area contributed by atoms with E-state index >= 15 is 0 Å². The molecule has 1 aromatic carbocycles. The van der Waals surface area contributed by atoms with E-state index < -0.39 is 16.4 Å². The molecule has 2 spiro atoms. The Morgan fingerprint density at radius 2 is 1.66 bits per heavy atom. The maximum Gasteiger partial charge on any atom is 0.409 e.